The van der Waals surface area contributed by atoms with E-state index in [4.69, 9.17) is 46.4 Å². The van der Waals surface area contributed by atoms with Crippen molar-refractivity contribution in [3.63, 3.8) is 0 Å². The summed E-state index contributed by atoms with van der Waals surface area (Å²) in [6.45, 7) is 3.09. The molecule has 0 saturated carbocycles. The first-order valence-electron chi connectivity index (χ1n) is 8.15. The molecule has 0 aromatic heterocycles. The van der Waals surface area contributed by atoms with Gasteiger partial charge in [0.05, 0.1) is 25.8 Å². The van der Waals surface area contributed by atoms with Gasteiger partial charge in [-0.2, -0.15) is 4.99 Å². The number of rotatable bonds is 2. The highest BCUT2D eigenvalue weighted by molar-refractivity contribution is 6.42. The molecule has 6 nitrogen and oxygen atoms in total. The third-order valence-corrected chi connectivity index (χ3v) is 5.13. The Balaban J connectivity index is 0.000000221. The Morgan fingerprint density at radius 1 is 0.964 bits per heavy atom. The van der Waals surface area contributed by atoms with Crippen molar-refractivity contribution < 1.29 is 9.59 Å². The number of nitrogens with one attached hydrogen (secondary N) is 2. The molecule has 0 atom stereocenters. The third-order valence-electron chi connectivity index (χ3n) is 3.65. The zero-order valence-corrected chi connectivity index (χ0v) is 17.5. The van der Waals surface area contributed by atoms with Gasteiger partial charge in [0, 0.05) is 31.9 Å². The number of piperazine rings is 1. The molecule has 1 saturated heterocycles. The van der Waals surface area contributed by atoms with Gasteiger partial charge >= 0.3 is 6.03 Å². The monoisotopic (exact) mass is 460 g/mol. The predicted molar refractivity (Wildman–Crippen MR) is 114 cm³/mol. The van der Waals surface area contributed by atoms with Crippen LogP contribution in [0.5, 0.6) is 0 Å². The number of nitrogens with zero attached hydrogens (tertiary/aromatic N) is 2. The number of amides is 2. The smallest absolute Gasteiger partial charge is 0.321 e. The summed E-state index contributed by atoms with van der Waals surface area (Å²) in [7, 11) is 0. The standard InChI is InChI=1S/C11H13Cl2N3O.C7H3Cl2NO/c12-9-2-1-8(7-10(9)13)15-11(17)16-5-3-14-4-6-16;8-6-2-1-5(10-4-11)3-7(6)9/h1-2,7,14H,3-6H2,(H,15,17);1-3H. The molecule has 2 amide bonds. The fourth-order valence-electron chi connectivity index (χ4n) is 2.25. The first-order chi connectivity index (χ1) is 13.4. The number of halogens is 4. The molecule has 0 unspecified atom stereocenters. The first-order valence-corrected chi connectivity index (χ1v) is 9.66. The lowest BCUT2D eigenvalue weighted by molar-refractivity contribution is 0.204. The third kappa shape index (κ3) is 6.99. The molecule has 2 aromatic carbocycles. The Morgan fingerprint density at radius 3 is 2.14 bits per heavy atom. The second kappa shape index (κ2) is 11.3. The summed E-state index contributed by atoms with van der Waals surface area (Å²) in [6.07, 6.45) is 1.40. The van der Waals surface area contributed by atoms with Crippen LogP contribution in [0.25, 0.3) is 0 Å². The van der Waals surface area contributed by atoms with Crippen LogP contribution in [0.15, 0.2) is 41.4 Å². The highest BCUT2D eigenvalue weighted by atomic mass is 35.5. The van der Waals surface area contributed by atoms with Crippen molar-refractivity contribution in [1.82, 2.24) is 10.2 Å². The molecule has 0 aliphatic carbocycles. The number of isocyanates is 1. The summed E-state index contributed by atoms with van der Waals surface area (Å²) in [4.78, 5) is 26.8. The Hall–Kier alpha value is -1.79. The summed E-state index contributed by atoms with van der Waals surface area (Å²) < 4.78 is 0. The van der Waals surface area contributed by atoms with Crippen LogP contribution in [-0.2, 0) is 4.79 Å². The van der Waals surface area contributed by atoms with Gasteiger partial charge in [0.1, 0.15) is 0 Å². The molecule has 10 heteroatoms. The van der Waals surface area contributed by atoms with Crippen LogP contribution >= 0.6 is 46.4 Å². The lowest BCUT2D eigenvalue weighted by atomic mass is 10.3. The Labute approximate surface area is 182 Å². The summed E-state index contributed by atoms with van der Waals surface area (Å²) in [5.74, 6) is 0. The van der Waals surface area contributed by atoms with Crippen molar-refractivity contribution in [1.29, 1.82) is 0 Å². The maximum Gasteiger partial charge on any atom is 0.321 e. The van der Waals surface area contributed by atoms with E-state index in [-0.39, 0.29) is 6.03 Å². The molecule has 2 aromatic rings. The summed E-state index contributed by atoms with van der Waals surface area (Å²) >= 11 is 22.9. The number of benzene rings is 2. The zero-order valence-electron chi connectivity index (χ0n) is 14.5. The molecule has 1 fully saturated rings. The fraction of sp³-hybridized carbons (Fsp3) is 0.222. The van der Waals surface area contributed by atoms with Gasteiger partial charge in [0.2, 0.25) is 6.08 Å². The number of anilines is 1. The number of hydrogen-bond acceptors (Lipinski definition) is 4. The van der Waals surface area contributed by atoms with Gasteiger partial charge in [0.15, 0.2) is 0 Å². The lowest BCUT2D eigenvalue weighted by Gasteiger charge is -2.27. The largest absolute Gasteiger partial charge is 0.322 e. The van der Waals surface area contributed by atoms with Crippen LogP contribution < -0.4 is 10.6 Å². The first kappa shape index (κ1) is 22.5. The van der Waals surface area contributed by atoms with E-state index in [1.807, 2.05) is 0 Å². The normalized spacial score (nSPS) is 13.1. The quantitative estimate of drug-likeness (QED) is 0.465. The van der Waals surface area contributed by atoms with Gasteiger partial charge in [-0.3, -0.25) is 0 Å². The van der Waals surface area contributed by atoms with Crippen LogP contribution in [0, 0.1) is 0 Å². The van der Waals surface area contributed by atoms with E-state index in [1.165, 1.54) is 12.1 Å². The summed E-state index contributed by atoms with van der Waals surface area (Å²) in [5, 5.41) is 7.72. The van der Waals surface area contributed by atoms with Crippen molar-refractivity contribution >= 4 is 69.9 Å². The minimum atomic E-state index is -0.107. The van der Waals surface area contributed by atoms with Gasteiger partial charge in [-0.25, -0.2) is 9.59 Å². The lowest BCUT2D eigenvalue weighted by Crippen LogP contribution is -2.48. The average molecular weight is 462 g/mol. The van der Waals surface area contributed by atoms with Crippen molar-refractivity contribution in [3.8, 4) is 0 Å². The second-order valence-corrected chi connectivity index (χ2v) is 7.23. The Morgan fingerprint density at radius 2 is 1.57 bits per heavy atom. The van der Waals surface area contributed by atoms with Gasteiger partial charge in [0.25, 0.3) is 0 Å². The van der Waals surface area contributed by atoms with Crippen LogP contribution in [-0.4, -0.2) is 43.2 Å². The van der Waals surface area contributed by atoms with Crippen molar-refractivity contribution in [2.75, 3.05) is 31.5 Å². The molecule has 148 valence electrons. The van der Waals surface area contributed by atoms with E-state index in [0.717, 1.165) is 13.1 Å². The average Bonchev–Trinajstić information content (AvgIpc) is 2.69. The highest BCUT2D eigenvalue weighted by Crippen LogP contribution is 2.26. The molecular weight excluding hydrogens is 446 g/mol. The maximum absolute atomic E-state index is 11.9. The van der Waals surface area contributed by atoms with E-state index in [9.17, 15) is 9.59 Å². The number of hydrogen-bond donors (Lipinski definition) is 2. The van der Waals surface area contributed by atoms with Gasteiger partial charge in [-0.1, -0.05) is 46.4 Å². The molecule has 28 heavy (non-hydrogen) atoms. The van der Waals surface area contributed by atoms with Crippen LogP contribution in [0.1, 0.15) is 0 Å². The fourth-order valence-corrected chi connectivity index (χ4v) is 2.84. The van der Waals surface area contributed by atoms with Gasteiger partial charge in [-0.15, -0.1) is 0 Å². The van der Waals surface area contributed by atoms with Crippen molar-refractivity contribution in [2.24, 2.45) is 4.99 Å². The molecule has 0 bridgehead atoms. The second-order valence-electron chi connectivity index (χ2n) is 5.60. The van der Waals surface area contributed by atoms with E-state index < -0.39 is 0 Å². The van der Waals surface area contributed by atoms with Crippen molar-refractivity contribution in [3.05, 3.63) is 56.5 Å². The molecule has 3 rings (SSSR count). The van der Waals surface area contributed by atoms with Gasteiger partial charge in [-0.05, 0) is 36.4 Å². The molecule has 1 aliphatic heterocycles. The molecule has 0 radical (unpaired) electrons. The molecule has 2 N–H and O–H groups in total. The van der Waals surface area contributed by atoms with Crippen LogP contribution in [0.2, 0.25) is 20.1 Å². The topological polar surface area (TPSA) is 73.8 Å². The van der Waals surface area contributed by atoms with E-state index >= 15 is 0 Å². The number of carbonyl (C=O) groups excluding carboxylic acids is 2. The predicted octanol–water partition coefficient (Wildman–Crippen LogP) is 5.39. The van der Waals surface area contributed by atoms with Crippen LogP contribution in [0.4, 0.5) is 16.2 Å². The molecule has 1 heterocycles. The minimum Gasteiger partial charge on any atom is -0.322 e. The molecular formula is C18H16Cl4N4O2. The summed E-state index contributed by atoms with van der Waals surface area (Å²) in [5.41, 5.74) is 1.11. The zero-order chi connectivity index (χ0) is 20.5. The van der Waals surface area contributed by atoms with E-state index in [2.05, 4.69) is 15.6 Å². The number of aliphatic imine (C=N–C) groups is 1. The molecule has 0 spiro atoms. The molecule has 1 aliphatic rings. The minimum absolute atomic E-state index is 0.107. The maximum atomic E-state index is 11.9. The van der Waals surface area contributed by atoms with Crippen LogP contribution in [0.3, 0.4) is 0 Å². The highest BCUT2D eigenvalue weighted by Gasteiger charge is 2.16. The van der Waals surface area contributed by atoms with Gasteiger partial charge < -0.3 is 15.5 Å². The van der Waals surface area contributed by atoms with E-state index in [0.29, 0.717) is 44.6 Å². The Bertz CT molecular complexity index is 882. The van der Waals surface area contributed by atoms with E-state index in [1.54, 1.807) is 35.2 Å². The Kier molecular flexibility index (Phi) is 9.06. The number of urea groups is 1. The van der Waals surface area contributed by atoms with Crippen molar-refractivity contribution in [2.45, 2.75) is 0 Å². The number of carbonyl (C=O) groups is 1. The SMILES string of the molecule is O=C(Nc1ccc(Cl)c(Cl)c1)N1CCNCC1.O=C=Nc1ccc(Cl)c(Cl)c1. The summed E-state index contributed by atoms with van der Waals surface area (Å²) in [6, 6.07) is 9.58.